The van der Waals surface area contributed by atoms with Gasteiger partial charge in [-0.05, 0) is 31.7 Å². The maximum absolute atomic E-state index is 12.9. The third-order valence-electron chi connectivity index (χ3n) is 4.95. The predicted molar refractivity (Wildman–Crippen MR) is 131 cm³/mol. The minimum absolute atomic E-state index is 0.0397. The predicted octanol–water partition coefficient (Wildman–Crippen LogP) is 2.67. The van der Waals surface area contributed by atoms with E-state index in [0.29, 0.717) is 19.4 Å². The van der Waals surface area contributed by atoms with Crippen LogP contribution in [0.25, 0.3) is 0 Å². The van der Waals surface area contributed by atoms with E-state index in [1.165, 1.54) is 0 Å². The third kappa shape index (κ3) is 12.9. The number of allylic oxidation sites excluding steroid dienone is 2. The summed E-state index contributed by atoms with van der Waals surface area (Å²) in [7, 11) is 0. The highest BCUT2D eigenvalue weighted by Crippen LogP contribution is 2.11. The van der Waals surface area contributed by atoms with Gasteiger partial charge in [0.25, 0.3) is 0 Å². The van der Waals surface area contributed by atoms with Gasteiger partial charge in [0.1, 0.15) is 6.61 Å². The first-order valence-electron chi connectivity index (χ1n) is 11.6. The Balaban J connectivity index is 2.72. The summed E-state index contributed by atoms with van der Waals surface area (Å²) in [6.45, 7) is 9.22. The lowest BCUT2D eigenvalue weighted by molar-refractivity contribution is -0.146. The van der Waals surface area contributed by atoms with E-state index in [-0.39, 0.29) is 50.4 Å². The minimum atomic E-state index is -0.650. The molecule has 2 amide bonds. The molecule has 0 aromatic heterocycles. The molecule has 0 bridgehead atoms. The van der Waals surface area contributed by atoms with Gasteiger partial charge < -0.3 is 25.2 Å². The van der Waals surface area contributed by atoms with E-state index in [0.717, 1.165) is 12.0 Å². The van der Waals surface area contributed by atoms with Crippen LogP contribution in [-0.2, 0) is 30.5 Å². The molecule has 3 N–H and O–H groups in total. The lowest BCUT2D eigenvalue weighted by Crippen LogP contribution is -2.46. The number of hydrogen-bond donors (Lipinski definition) is 3. The van der Waals surface area contributed by atoms with E-state index < -0.39 is 18.0 Å². The SMILES string of the molecule is C=CCCCC(=O)OC[C@H](COCc1ccccc1)NC(=O)[C@H](CC=C)CC(=O)N[C@H](C)CO. The maximum atomic E-state index is 12.9. The van der Waals surface area contributed by atoms with Gasteiger partial charge in [0.2, 0.25) is 11.8 Å². The Morgan fingerprint density at radius 2 is 1.82 bits per heavy atom. The van der Waals surface area contributed by atoms with E-state index in [1.54, 1.807) is 19.1 Å². The monoisotopic (exact) mass is 474 g/mol. The van der Waals surface area contributed by atoms with Gasteiger partial charge in [0.05, 0.1) is 31.8 Å². The Morgan fingerprint density at radius 3 is 2.47 bits per heavy atom. The van der Waals surface area contributed by atoms with Crippen molar-refractivity contribution in [2.24, 2.45) is 5.92 Å². The smallest absolute Gasteiger partial charge is 0.305 e. The fraction of sp³-hybridized carbons (Fsp3) is 0.500. The maximum Gasteiger partial charge on any atom is 0.305 e. The van der Waals surface area contributed by atoms with Crippen molar-refractivity contribution in [2.75, 3.05) is 19.8 Å². The molecule has 0 fully saturated rings. The highest BCUT2D eigenvalue weighted by molar-refractivity contribution is 5.86. The molecular formula is C26H38N2O6. The zero-order chi connectivity index (χ0) is 25.2. The molecular weight excluding hydrogens is 436 g/mol. The molecule has 8 heteroatoms. The van der Waals surface area contributed by atoms with Gasteiger partial charge in [-0.2, -0.15) is 0 Å². The molecule has 0 aliphatic rings. The standard InChI is InChI=1S/C26H38N2O6/c1-4-6-8-14-25(31)34-19-23(18-33-17-21-12-9-7-10-13-21)28-26(32)22(11-5-2)15-24(30)27-20(3)16-29/h4-5,7,9-10,12-13,20,22-23,29H,1-2,6,8,11,14-19H2,3H3,(H,27,30)(H,28,32)/t20-,22-,23+/m1/s1. The fourth-order valence-corrected chi connectivity index (χ4v) is 3.09. The normalized spacial score (nSPS) is 13.2. The molecule has 0 saturated heterocycles. The van der Waals surface area contributed by atoms with Crippen molar-refractivity contribution in [1.82, 2.24) is 10.6 Å². The molecule has 1 aromatic rings. The number of benzene rings is 1. The molecule has 0 aliphatic heterocycles. The van der Waals surface area contributed by atoms with E-state index in [4.69, 9.17) is 14.6 Å². The molecule has 0 saturated carbocycles. The Morgan fingerprint density at radius 1 is 1.09 bits per heavy atom. The minimum Gasteiger partial charge on any atom is -0.463 e. The number of nitrogens with one attached hydrogen (secondary N) is 2. The summed E-state index contributed by atoms with van der Waals surface area (Å²) >= 11 is 0. The third-order valence-corrected chi connectivity index (χ3v) is 4.95. The molecule has 3 atom stereocenters. The lowest BCUT2D eigenvalue weighted by atomic mass is 9.99. The quantitative estimate of drug-likeness (QED) is 0.171. The second-order valence-corrected chi connectivity index (χ2v) is 8.15. The second kappa shape index (κ2) is 17.5. The summed E-state index contributed by atoms with van der Waals surface area (Å²) in [5.74, 6) is -1.70. The van der Waals surface area contributed by atoms with Crippen molar-refractivity contribution in [3.63, 3.8) is 0 Å². The van der Waals surface area contributed by atoms with Gasteiger partial charge in [-0.25, -0.2) is 0 Å². The van der Waals surface area contributed by atoms with E-state index in [9.17, 15) is 14.4 Å². The molecule has 0 spiro atoms. The Hall–Kier alpha value is -2.97. The summed E-state index contributed by atoms with van der Waals surface area (Å²) < 4.78 is 11.1. The van der Waals surface area contributed by atoms with Crippen LogP contribution < -0.4 is 10.6 Å². The number of hydrogen-bond acceptors (Lipinski definition) is 6. The zero-order valence-electron chi connectivity index (χ0n) is 20.0. The number of aliphatic hydroxyl groups is 1. The van der Waals surface area contributed by atoms with Gasteiger partial charge in [0, 0.05) is 18.9 Å². The number of carbonyl (C=O) groups excluding carboxylic acids is 3. The first kappa shape index (κ1) is 29.1. The molecule has 0 heterocycles. The van der Waals surface area contributed by atoms with Crippen LogP contribution in [0.1, 0.15) is 44.6 Å². The molecule has 1 aromatic carbocycles. The number of ether oxygens (including phenoxy) is 2. The van der Waals surface area contributed by atoms with Crippen LogP contribution in [0, 0.1) is 5.92 Å². The van der Waals surface area contributed by atoms with Gasteiger partial charge >= 0.3 is 5.97 Å². The van der Waals surface area contributed by atoms with Crippen LogP contribution in [0.5, 0.6) is 0 Å². The zero-order valence-corrected chi connectivity index (χ0v) is 20.0. The van der Waals surface area contributed by atoms with E-state index >= 15 is 0 Å². The summed E-state index contributed by atoms with van der Waals surface area (Å²) in [5.41, 5.74) is 0.980. The first-order valence-corrected chi connectivity index (χ1v) is 11.6. The van der Waals surface area contributed by atoms with Crippen LogP contribution in [0.4, 0.5) is 0 Å². The number of aliphatic hydroxyl groups excluding tert-OH is 1. The largest absolute Gasteiger partial charge is 0.463 e. The van der Waals surface area contributed by atoms with Crippen molar-refractivity contribution in [2.45, 2.75) is 57.7 Å². The van der Waals surface area contributed by atoms with Crippen molar-refractivity contribution >= 4 is 17.8 Å². The Bertz CT molecular complexity index is 768. The van der Waals surface area contributed by atoms with E-state index in [2.05, 4.69) is 23.8 Å². The van der Waals surface area contributed by atoms with Gasteiger partial charge in [-0.1, -0.05) is 42.5 Å². The summed E-state index contributed by atoms with van der Waals surface area (Å²) in [6, 6.07) is 8.61. The molecule has 1 rings (SSSR count). The molecule has 0 radical (unpaired) electrons. The van der Waals surface area contributed by atoms with Crippen LogP contribution in [0.2, 0.25) is 0 Å². The van der Waals surface area contributed by atoms with Crippen LogP contribution >= 0.6 is 0 Å². The number of esters is 1. The Kier molecular flexibility index (Phi) is 15.0. The van der Waals surface area contributed by atoms with Crippen molar-refractivity contribution < 1.29 is 29.0 Å². The highest BCUT2D eigenvalue weighted by atomic mass is 16.5. The first-order chi connectivity index (χ1) is 16.4. The summed E-state index contributed by atoms with van der Waals surface area (Å²) in [6.07, 6.45) is 5.19. The topological polar surface area (TPSA) is 114 Å². The fourth-order valence-electron chi connectivity index (χ4n) is 3.09. The van der Waals surface area contributed by atoms with Gasteiger partial charge in [0.15, 0.2) is 0 Å². The number of amides is 2. The van der Waals surface area contributed by atoms with Gasteiger partial charge in [-0.15, -0.1) is 13.2 Å². The number of unbranched alkanes of at least 4 members (excludes halogenated alkanes) is 1. The van der Waals surface area contributed by atoms with Crippen LogP contribution in [0.3, 0.4) is 0 Å². The highest BCUT2D eigenvalue weighted by Gasteiger charge is 2.24. The van der Waals surface area contributed by atoms with E-state index in [1.807, 2.05) is 30.3 Å². The second-order valence-electron chi connectivity index (χ2n) is 8.15. The van der Waals surface area contributed by atoms with Gasteiger partial charge in [-0.3, -0.25) is 14.4 Å². The van der Waals surface area contributed by atoms with Crippen molar-refractivity contribution in [1.29, 1.82) is 0 Å². The number of rotatable bonds is 18. The molecule has 8 nitrogen and oxygen atoms in total. The van der Waals surface area contributed by atoms with Crippen molar-refractivity contribution in [3.05, 3.63) is 61.2 Å². The van der Waals surface area contributed by atoms with Crippen molar-refractivity contribution in [3.8, 4) is 0 Å². The Labute approximate surface area is 202 Å². The number of carbonyl (C=O) groups is 3. The molecule has 188 valence electrons. The summed E-state index contributed by atoms with van der Waals surface area (Å²) in [4.78, 5) is 37.2. The van der Waals surface area contributed by atoms with Crippen LogP contribution in [0.15, 0.2) is 55.6 Å². The summed E-state index contributed by atoms with van der Waals surface area (Å²) in [5, 5.41) is 14.6. The molecule has 0 unspecified atom stereocenters. The average Bonchev–Trinajstić information content (AvgIpc) is 2.82. The van der Waals surface area contributed by atoms with Crippen LogP contribution in [-0.4, -0.2) is 54.8 Å². The average molecular weight is 475 g/mol. The molecule has 0 aliphatic carbocycles. The molecule has 34 heavy (non-hydrogen) atoms. The lowest BCUT2D eigenvalue weighted by Gasteiger charge is -2.22.